The zero-order valence-corrected chi connectivity index (χ0v) is 47.2. The van der Waals surface area contributed by atoms with Crippen molar-refractivity contribution in [3.63, 3.8) is 0 Å². The molecule has 7 aliphatic heterocycles. The molecule has 0 spiro atoms. The number of rotatable bonds is 0. The van der Waals surface area contributed by atoms with Crippen LogP contribution in [0.1, 0.15) is 12.8 Å². The van der Waals surface area contributed by atoms with E-state index in [1.807, 2.05) is 188 Å². The van der Waals surface area contributed by atoms with Gasteiger partial charge in [-0.1, -0.05) is 94.1 Å². The Balaban J connectivity index is 1.11. The maximum absolute atomic E-state index is 6.09. The Bertz CT molecular complexity index is 1490. The van der Waals surface area contributed by atoms with Crippen LogP contribution in [0.25, 0.3) is 0 Å². The van der Waals surface area contributed by atoms with Crippen LogP contribution >= 0.6 is 188 Å². The van der Waals surface area contributed by atoms with Crippen molar-refractivity contribution in [3.8, 4) is 0 Å². The van der Waals surface area contributed by atoms with Gasteiger partial charge in [0.2, 0.25) is 0 Å². The van der Waals surface area contributed by atoms with Crippen LogP contribution < -0.4 is 0 Å². The maximum atomic E-state index is 6.09. The molecule has 10 bridgehead atoms. The van der Waals surface area contributed by atoms with Gasteiger partial charge in [-0.3, -0.25) is 0 Å². The number of thioether (sulfide) groups is 16. The summed E-state index contributed by atoms with van der Waals surface area (Å²) in [6.07, 6.45) is 2.02. The van der Waals surface area contributed by atoms with Crippen molar-refractivity contribution in [1.29, 1.82) is 0 Å². The Labute approximate surface area is 436 Å². The first-order valence-electron chi connectivity index (χ1n) is 20.3. The Kier molecular flexibility index (Phi) is 28.2. The molecule has 0 atom stereocenters. The van der Waals surface area contributed by atoms with Crippen LogP contribution in [-0.4, -0.2) is 152 Å². The van der Waals surface area contributed by atoms with Crippen LogP contribution in [0.2, 0.25) is 0 Å². The molecule has 24 heteroatoms. The number of hydrogen-bond acceptors (Lipinski definition) is 24. The van der Waals surface area contributed by atoms with E-state index in [0.29, 0.717) is 92.5 Å². The minimum absolute atomic E-state index is 0.611. The summed E-state index contributed by atoms with van der Waals surface area (Å²) in [4.78, 5) is 0. The Morgan fingerprint density at radius 1 is 0.177 bits per heavy atom. The van der Waals surface area contributed by atoms with Crippen molar-refractivity contribution in [1.82, 2.24) is 0 Å². The van der Waals surface area contributed by atoms with Gasteiger partial charge in [0.1, 0.15) is 0 Å². The van der Waals surface area contributed by atoms with Gasteiger partial charge in [-0.05, 0) is 12.8 Å². The van der Waals surface area contributed by atoms with Crippen LogP contribution in [0.15, 0.2) is 50.8 Å². The molecule has 0 aromatic carbocycles. The fraction of sp³-hybridized carbons (Fsp3) is 0.684. The predicted octanol–water partition coefficient (Wildman–Crippen LogP) is 13.5. The molecule has 0 radical (unpaired) electrons. The third-order valence-electron chi connectivity index (χ3n) is 8.07. The molecule has 62 heavy (non-hydrogen) atoms. The molecule has 0 aliphatic carbocycles. The van der Waals surface area contributed by atoms with Crippen molar-refractivity contribution in [2.45, 2.75) is 12.8 Å². The van der Waals surface area contributed by atoms with Crippen LogP contribution in [-0.2, 0) is 37.9 Å². The molecular formula is C38H52O8S16. The molecule has 7 aliphatic rings. The Morgan fingerprint density at radius 2 is 0.355 bits per heavy atom. The fourth-order valence-corrected chi connectivity index (χ4v) is 28.7. The Hall–Kier alpha value is 3.72. The summed E-state index contributed by atoms with van der Waals surface area (Å²) in [5, 5.41) is 0. The molecule has 0 fully saturated rings. The molecule has 0 aromatic heterocycles. The van der Waals surface area contributed by atoms with Gasteiger partial charge in [-0.25, -0.2) is 0 Å². The van der Waals surface area contributed by atoms with Crippen LogP contribution in [0.5, 0.6) is 0 Å². The van der Waals surface area contributed by atoms with E-state index in [-0.39, 0.29) is 0 Å². The van der Waals surface area contributed by atoms with Crippen molar-refractivity contribution in [2.75, 3.05) is 152 Å². The second-order valence-electron chi connectivity index (χ2n) is 12.7. The molecule has 0 aromatic rings. The molecule has 8 nitrogen and oxygen atoms in total. The Morgan fingerprint density at radius 3 is 0.565 bits per heavy atom. The quantitative estimate of drug-likeness (QED) is 0.231. The number of ether oxygens (including phenoxy) is 8. The van der Waals surface area contributed by atoms with Gasteiger partial charge in [0.05, 0.1) is 143 Å². The highest BCUT2D eigenvalue weighted by molar-refractivity contribution is 8.46. The minimum Gasteiger partial charge on any atom is -0.379 e. The van der Waals surface area contributed by atoms with E-state index in [1.165, 1.54) is 50.8 Å². The van der Waals surface area contributed by atoms with Crippen molar-refractivity contribution in [3.05, 3.63) is 50.8 Å². The second-order valence-corrected chi connectivity index (χ2v) is 32.8. The molecule has 0 amide bonds. The van der Waals surface area contributed by atoms with E-state index in [9.17, 15) is 0 Å². The highest BCUT2D eigenvalue weighted by atomic mass is 32.3. The van der Waals surface area contributed by atoms with Gasteiger partial charge in [-0.2, -0.15) is 0 Å². The summed E-state index contributed by atoms with van der Waals surface area (Å²) >= 11 is 30.9. The first-order chi connectivity index (χ1) is 30.8. The smallest absolute Gasteiger partial charge is 0.0717 e. The van der Waals surface area contributed by atoms with Gasteiger partial charge in [0.15, 0.2) is 0 Å². The van der Waals surface area contributed by atoms with Gasteiger partial charge in [0.25, 0.3) is 0 Å². The van der Waals surface area contributed by atoms with E-state index >= 15 is 0 Å². The number of hydrogen-bond donors (Lipinski definition) is 0. The maximum Gasteiger partial charge on any atom is 0.0717 e. The topological polar surface area (TPSA) is 73.8 Å². The van der Waals surface area contributed by atoms with Gasteiger partial charge in [0, 0.05) is 59.2 Å². The van der Waals surface area contributed by atoms with Crippen molar-refractivity contribution < 1.29 is 37.9 Å². The molecule has 0 N–H and O–H groups in total. The molecule has 0 saturated carbocycles. The van der Waals surface area contributed by atoms with E-state index in [0.717, 1.165) is 72.1 Å². The van der Waals surface area contributed by atoms with Gasteiger partial charge >= 0.3 is 0 Å². The van der Waals surface area contributed by atoms with Crippen LogP contribution in [0, 0.1) is 0 Å². The van der Waals surface area contributed by atoms with E-state index in [1.54, 1.807) is 0 Å². The second kappa shape index (κ2) is 32.6. The van der Waals surface area contributed by atoms with Crippen LogP contribution in [0.4, 0.5) is 0 Å². The summed E-state index contributed by atoms with van der Waals surface area (Å²) in [5.41, 5.74) is 0. The molecule has 7 heterocycles. The average Bonchev–Trinajstić information content (AvgIpc) is 4.08. The molecule has 0 unspecified atom stereocenters. The molecule has 348 valence electrons. The summed E-state index contributed by atoms with van der Waals surface area (Å²) in [7, 11) is 0. The summed E-state index contributed by atoms with van der Waals surface area (Å²) in [6.45, 7) is 10.6. The molecular weight excluding hydrogens is 1100 g/mol. The standard InChI is InChI=1S/C38H52O8S16/c1-3-39-5-7-41-13-21-49-31-33-53-25-17-45-11-9-43-15-23-51-29-30-52-24-16-44-10-12-46-18-26-54-34-32(60-38(62-34)37(59-31)61-33)50-22-14-42-8-6-40-4-2-20-48-28-27(47-19-1)55-35(56-28)36(57-29)58-30/h1-26H2/b36-35?,38-37-. The third-order valence-corrected chi connectivity index (χ3v) is 31.2. The van der Waals surface area contributed by atoms with Crippen molar-refractivity contribution in [2.24, 2.45) is 0 Å². The predicted molar refractivity (Wildman–Crippen MR) is 298 cm³/mol. The lowest BCUT2D eigenvalue weighted by Gasteiger charge is -2.09. The van der Waals surface area contributed by atoms with E-state index < -0.39 is 0 Å². The first kappa shape index (κ1) is 53.5. The van der Waals surface area contributed by atoms with Crippen molar-refractivity contribution >= 4 is 188 Å². The summed E-state index contributed by atoms with van der Waals surface area (Å²) in [6, 6.07) is 0. The summed E-state index contributed by atoms with van der Waals surface area (Å²) in [5.74, 6) is 7.52. The fourth-order valence-electron chi connectivity index (χ4n) is 5.23. The van der Waals surface area contributed by atoms with E-state index in [2.05, 4.69) is 0 Å². The number of fused-ring (bicyclic) bond motifs is 22. The lowest BCUT2D eigenvalue weighted by atomic mass is 10.5. The molecule has 7 rings (SSSR count). The van der Waals surface area contributed by atoms with E-state index in [4.69, 9.17) is 37.9 Å². The SMILES string of the molecule is C1COCCOCCSC2=C3SCCOCCOCCSC4=C5SCCOCCOCCSC6=C(SCCOCCOCCCSC7=C(SC1)SC(=C(S4)S5)S7)S/C(=C(\S2)S3)S6. The monoisotopic (exact) mass is 1150 g/mol. The third kappa shape index (κ3) is 19.4. The largest absolute Gasteiger partial charge is 0.379 e. The summed E-state index contributed by atoms with van der Waals surface area (Å²) < 4.78 is 65.2. The van der Waals surface area contributed by atoms with Gasteiger partial charge in [-0.15, -0.1) is 94.1 Å². The first-order valence-corrected chi connectivity index (χ1v) is 34.7. The highest BCUT2D eigenvalue weighted by Crippen LogP contribution is 2.67. The highest BCUT2D eigenvalue weighted by Gasteiger charge is 2.33. The lowest BCUT2D eigenvalue weighted by molar-refractivity contribution is 0.0544. The van der Waals surface area contributed by atoms with Crippen LogP contribution in [0.3, 0.4) is 0 Å². The average molecular weight is 1150 g/mol. The molecule has 0 saturated heterocycles. The van der Waals surface area contributed by atoms with Gasteiger partial charge < -0.3 is 37.9 Å². The lowest BCUT2D eigenvalue weighted by Crippen LogP contribution is -2.08. The normalized spacial score (nSPS) is 27.5. The zero-order chi connectivity index (χ0) is 42.3. The zero-order valence-electron chi connectivity index (χ0n) is 34.2. The minimum atomic E-state index is 0.611.